The Kier molecular flexibility index (Phi) is 3.26. The molecule has 1 aliphatic heterocycles. The average Bonchev–Trinajstić information content (AvgIpc) is 2.46. The van der Waals surface area contributed by atoms with Crippen molar-refractivity contribution in [2.75, 3.05) is 11.4 Å². The van der Waals surface area contributed by atoms with Crippen molar-refractivity contribution in [2.45, 2.75) is 25.8 Å². The molecule has 1 aliphatic rings. The molecule has 2 heterocycles. The summed E-state index contributed by atoms with van der Waals surface area (Å²) in [6, 6.07) is 8.18. The van der Waals surface area contributed by atoms with E-state index >= 15 is 0 Å². The fourth-order valence-electron chi connectivity index (χ4n) is 2.94. The second-order valence-electron chi connectivity index (χ2n) is 5.36. The highest BCUT2D eigenvalue weighted by molar-refractivity contribution is 5.91. The number of benzene rings is 1. The lowest BCUT2D eigenvalue weighted by atomic mass is 9.91. The summed E-state index contributed by atoms with van der Waals surface area (Å²) >= 11 is 0. The lowest BCUT2D eigenvalue weighted by molar-refractivity contribution is -0.142. The fourth-order valence-corrected chi connectivity index (χ4v) is 2.94. The molecular weight excluding hydrogens is 254 g/mol. The molecule has 0 aliphatic carbocycles. The van der Waals surface area contributed by atoms with E-state index in [0.717, 1.165) is 16.6 Å². The van der Waals surface area contributed by atoms with Crippen molar-refractivity contribution in [1.29, 1.82) is 0 Å². The first-order valence-electron chi connectivity index (χ1n) is 6.86. The van der Waals surface area contributed by atoms with Crippen LogP contribution in [0.15, 0.2) is 30.5 Å². The van der Waals surface area contributed by atoms with Gasteiger partial charge in [0.1, 0.15) is 0 Å². The third kappa shape index (κ3) is 2.19. The number of fused-ring (bicyclic) bond motifs is 1. The second kappa shape index (κ2) is 5.07. The standard InChI is InChI=1S/C15H17N3O2/c1-10-8-11(15(19)20)6-7-18(10)14-13-5-3-2-4-12(13)9-16-17-14/h2-5,9-11H,6-8H2,1H3,(H,19,20). The maximum atomic E-state index is 11.1. The van der Waals surface area contributed by atoms with Crippen LogP contribution in [0.4, 0.5) is 5.82 Å². The van der Waals surface area contributed by atoms with Crippen LogP contribution in [0.5, 0.6) is 0 Å². The Hall–Kier alpha value is -2.17. The molecule has 0 saturated carbocycles. The first kappa shape index (κ1) is 12.8. The molecule has 2 unspecified atom stereocenters. The minimum absolute atomic E-state index is 0.157. The highest BCUT2D eigenvalue weighted by Crippen LogP contribution is 2.30. The van der Waals surface area contributed by atoms with Crippen LogP contribution in [0.1, 0.15) is 19.8 Å². The zero-order chi connectivity index (χ0) is 14.1. The minimum Gasteiger partial charge on any atom is -0.481 e. The maximum Gasteiger partial charge on any atom is 0.306 e. The lowest BCUT2D eigenvalue weighted by Crippen LogP contribution is -2.43. The zero-order valence-corrected chi connectivity index (χ0v) is 11.4. The molecule has 1 N–H and O–H groups in total. The number of carboxylic acid groups (broad SMARTS) is 1. The third-order valence-electron chi connectivity index (χ3n) is 4.05. The second-order valence-corrected chi connectivity index (χ2v) is 5.36. The number of aliphatic carboxylic acids is 1. The first-order chi connectivity index (χ1) is 9.66. The topological polar surface area (TPSA) is 66.3 Å². The molecule has 0 amide bonds. The van der Waals surface area contributed by atoms with Gasteiger partial charge in [-0.05, 0) is 19.8 Å². The first-order valence-corrected chi connectivity index (χ1v) is 6.86. The molecule has 0 spiro atoms. The van der Waals surface area contributed by atoms with Crippen molar-refractivity contribution < 1.29 is 9.90 Å². The SMILES string of the molecule is CC1CC(C(=O)O)CCN1c1nncc2ccccc12. The molecule has 5 heteroatoms. The average molecular weight is 271 g/mol. The van der Waals surface area contributed by atoms with Gasteiger partial charge in [-0.25, -0.2) is 0 Å². The summed E-state index contributed by atoms with van der Waals surface area (Å²) in [6.45, 7) is 2.76. The van der Waals surface area contributed by atoms with Crippen molar-refractivity contribution >= 4 is 22.6 Å². The number of hydrogen-bond acceptors (Lipinski definition) is 4. The van der Waals surface area contributed by atoms with E-state index < -0.39 is 5.97 Å². The number of piperidine rings is 1. The molecule has 104 valence electrons. The Balaban J connectivity index is 1.94. The Morgan fingerprint density at radius 1 is 1.40 bits per heavy atom. The summed E-state index contributed by atoms with van der Waals surface area (Å²) in [5.74, 6) is -0.0795. The van der Waals surface area contributed by atoms with Crippen LogP contribution >= 0.6 is 0 Å². The van der Waals surface area contributed by atoms with Crippen LogP contribution in [0.3, 0.4) is 0 Å². The summed E-state index contributed by atoms with van der Waals surface area (Å²) < 4.78 is 0. The summed E-state index contributed by atoms with van der Waals surface area (Å²) in [6.07, 6.45) is 3.07. The minimum atomic E-state index is -0.694. The number of nitrogens with zero attached hydrogens (tertiary/aromatic N) is 3. The molecule has 5 nitrogen and oxygen atoms in total. The number of rotatable bonds is 2. The fraction of sp³-hybridized carbons (Fsp3) is 0.400. The van der Waals surface area contributed by atoms with Gasteiger partial charge in [-0.2, -0.15) is 5.10 Å². The van der Waals surface area contributed by atoms with Gasteiger partial charge in [-0.3, -0.25) is 4.79 Å². The molecule has 0 radical (unpaired) electrons. The number of anilines is 1. The van der Waals surface area contributed by atoms with Crippen molar-refractivity contribution in [3.05, 3.63) is 30.5 Å². The molecule has 3 rings (SSSR count). The van der Waals surface area contributed by atoms with E-state index in [1.165, 1.54) is 0 Å². The zero-order valence-electron chi connectivity index (χ0n) is 11.4. The Bertz CT molecular complexity index is 639. The molecule has 0 bridgehead atoms. The Morgan fingerprint density at radius 2 is 2.20 bits per heavy atom. The van der Waals surface area contributed by atoms with Crippen molar-refractivity contribution in [3.8, 4) is 0 Å². The largest absolute Gasteiger partial charge is 0.481 e. The van der Waals surface area contributed by atoms with Crippen LogP contribution < -0.4 is 4.90 Å². The predicted octanol–water partition coefficient (Wildman–Crippen LogP) is 2.32. The quantitative estimate of drug-likeness (QED) is 0.908. The Labute approximate surface area is 117 Å². The molecule has 2 aromatic rings. The van der Waals surface area contributed by atoms with Gasteiger partial charge in [0.05, 0.1) is 12.1 Å². The molecular formula is C15H17N3O2. The van der Waals surface area contributed by atoms with Gasteiger partial charge in [0.25, 0.3) is 0 Å². The van der Waals surface area contributed by atoms with Crippen LogP contribution in [0, 0.1) is 5.92 Å². The molecule has 1 fully saturated rings. The van der Waals surface area contributed by atoms with Gasteiger partial charge >= 0.3 is 5.97 Å². The van der Waals surface area contributed by atoms with E-state index in [-0.39, 0.29) is 12.0 Å². The highest BCUT2D eigenvalue weighted by Gasteiger charge is 2.31. The molecule has 1 aromatic heterocycles. The third-order valence-corrected chi connectivity index (χ3v) is 4.05. The number of aromatic nitrogens is 2. The summed E-state index contributed by atoms with van der Waals surface area (Å²) in [7, 11) is 0. The molecule has 20 heavy (non-hydrogen) atoms. The molecule has 1 saturated heterocycles. The van der Waals surface area contributed by atoms with Gasteiger partial charge in [0.15, 0.2) is 5.82 Å². The van der Waals surface area contributed by atoms with E-state index in [1.807, 2.05) is 24.3 Å². The van der Waals surface area contributed by atoms with Crippen LogP contribution in [0.25, 0.3) is 10.8 Å². The Morgan fingerprint density at radius 3 is 2.95 bits per heavy atom. The predicted molar refractivity (Wildman–Crippen MR) is 76.7 cm³/mol. The van der Waals surface area contributed by atoms with E-state index in [2.05, 4.69) is 22.0 Å². The summed E-state index contributed by atoms with van der Waals surface area (Å²) in [4.78, 5) is 13.3. The van der Waals surface area contributed by atoms with Crippen molar-refractivity contribution in [1.82, 2.24) is 10.2 Å². The normalized spacial score (nSPS) is 22.9. The monoisotopic (exact) mass is 271 g/mol. The van der Waals surface area contributed by atoms with Gasteiger partial charge in [0.2, 0.25) is 0 Å². The van der Waals surface area contributed by atoms with Crippen LogP contribution in [-0.4, -0.2) is 33.9 Å². The number of hydrogen-bond donors (Lipinski definition) is 1. The summed E-state index contributed by atoms with van der Waals surface area (Å²) in [5, 5.41) is 19.6. The van der Waals surface area contributed by atoms with Crippen molar-refractivity contribution in [3.63, 3.8) is 0 Å². The van der Waals surface area contributed by atoms with E-state index in [1.54, 1.807) is 6.20 Å². The highest BCUT2D eigenvalue weighted by atomic mass is 16.4. The van der Waals surface area contributed by atoms with E-state index in [4.69, 9.17) is 5.11 Å². The van der Waals surface area contributed by atoms with Gasteiger partial charge < -0.3 is 10.0 Å². The maximum absolute atomic E-state index is 11.1. The van der Waals surface area contributed by atoms with Crippen LogP contribution in [-0.2, 0) is 4.79 Å². The number of carboxylic acids is 1. The lowest BCUT2D eigenvalue weighted by Gasteiger charge is -2.37. The summed E-state index contributed by atoms with van der Waals surface area (Å²) in [5.41, 5.74) is 0. The van der Waals surface area contributed by atoms with E-state index in [0.29, 0.717) is 19.4 Å². The van der Waals surface area contributed by atoms with Gasteiger partial charge in [0, 0.05) is 23.4 Å². The smallest absolute Gasteiger partial charge is 0.306 e. The van der Waals surface area contributed by atoms with Crippen molar-refractivity contribution in [2.24, 2.45) is 5.92 Å². The van der Waals surface area contributed by atoms with Gasteiger partial charge in [-0.15, -0.1) is 5.10 Å². The van der Waals surface area contributed by atoms with E-state index in [9.17, 15) is 4.79 Å². The molecule has 1 aromatic carbocycles. The number of carbonyl (C=O) groups is 1. The van der Waals surface area contributed by atoms with Gasteiger partial charge in [-0.1, -0.05) is 24.3 Å². The van der Waals surface area contributed by atoms with Crippen LogP contribution in [0.2, 0.25) is 0 Å². The molecule has 2 atom stereocenters.